The van der Waals surface area contributed by atoms with Gasteiger partial charge in [0.25, 0.3) is 0 Å². The van der Waals surface area contributed by atoms with Crippen molar-refractivity contribution in [3.05, 3.63) is 64.8 Å². The van der Waals surface area contributed by atoms with Crippen LogP contribution in [0, 0.1) is 0 Å². The first-order valence-electron chi connectivity index (χ1n) is 6.05. The van der Waals surface area contributed by atoms with E-state index in [4.69, 9.17) is 0 Å². The second-order valence-corrected chi connectivity index (χ2v) is 5.26. The molecule has 2 nitrogen and oxygen atoms in total. The molecule has 0 aliphatic heterocycles. The number of aromatic nitrogens is 2. The lowest BCUT2D eigenvalue weighted by molar-refractivity contribution is 0.293. The fourth-order valence-electron chi connectivity index (χ4n) is 2.08. The van der Waals surface area contributed by atoms with Gasteiger partial charge in [-0.3, -0.25) is 4.68 Å². The summed E-state index contributed by atoms with van der Waals surface area (Å²) in [6.07, 6.45) is 0.823. The molecule has 4 heteroatoms. The van der Waals surface area contributed by atoms with Crippen molar-refractivity contribution >= 4 is 26.8 Å². The van der Waals surface area contributed by atoms with Crippen molar-refractivity contribution in [1.82, 2.24) is 9.78 Å². The number of benzene rings is 2. The number of hydrogen-bond donors (Lipinski definition) is 0. The molecule has 0 N–H and O–H groups in total. The van der Waals surface area contributed by atoms with Crippen molar-refractivity contribution in [1.29, 1.82) is 0 Å². The summed E-state index contributed by atoms with van der Waals surface area (Å²) in [6, 6.07) is 15.0. The highest BCUT2D eigenvalue weighted by molar-refractivity contribution is 9.10. The molecule has 0 saturated heterocycles. The number of alkyl halides is 1. The molecule has 0 fully saturated rings. The minimum Gasteiger partial charge on any atom is -0.268 e. The average Bonchev–Trinajstić information content (AvgIpc) is 2.84. The van der Waals surface area contributed by atoms with Gasteiger partial charge in [0.15, 0.2) is 0 Å². The maximum Gasteiger partial charge on any atom is 0.145 e. The van der Waals surface area contributed by atoms with Crippen LogP contribution in [-0.4, -0.2) is 9.78 Å². The Balaban J connectivity index is 1.88. The van der Waals surface area contributed by atoms with Crippen molar-refractivity contribution < 1.29 is 4.39 Å². The van der Waals surface area contributed by atoms with Gasteiger partial charge < -0.3 is 0 Å². The Morgan fingerprint density at radius 1 is 1.11 bits per heavy atom. The first-order valence-corrected chi connectivity index (χ1v) is 6.84. The molecule has 0 bridgehead atoms. The molecular formula is C15H12BrFN2. The lowest BCUT2D eigenvalue weighted by Crippen LogP contribution is -2.05. The van der Waals surface area contributed by atoms with E-state index >= 15 is 0 Å². The number of hydrogen-bond acceptors (Lipinski definition) is 1. The summed E-state index contributed by atoms with van der Waals surface area (Å²) in [5, 5.41) is 5.39. The molecule has 1 aromatic heterocycles. The zero-order valence-electron chi connectivity index (χ0n) is 10.1. The maximum absolute atomic E-state index is 14.2. The molecule has 3 rings (SSSR count). The van der Waals surface area contributed by atoms with Crippen LogP contribution in [0.2, 0.25) is 0 Å². The molecule has 2 aromatic carbocycles. The van der Waals surface area contributed by atoms with Gasteiger partial charge in [-0.15, -0.1) is 0 Å². The van der Waals surface area contributed by atoms with Crippen LogP contribution in [0.3, 0.4) is 0 Å². The van der Waals surface area contributed by atoms with Crippen molar-refractivity contribution in [3.8, 4) is 0 Å². The van der Waals surface area contributed by atoms with E-state index in [-0.39, 0.29) is 6.54 Å². The van der Waals surface area contributed by atoms with E-state index < -0.39 is 6.17 Å². The summed E-state index contributed by atoms with van der Waals surface area (Å²) in [4.78, 5) is 0. The highest BCUT2D eigenvalue weighted by Gasteiger charge is 2.12. The van der Waals surface area contributed by atoms with Crippen LogP contribution in [-0.2, 0) is 6.54 Å². The van der Waals surface area contributed by atoms with E-state index in [1.165, 1.54) is 0 Å². The van der Waals surface area contributed by atoms with Gasteiger partial charge in [0, 0.05) is 16.1 Å². The number of rotatable bonds is 3. The Kier molecular flexibility index (Phi) is 3.34. The van der Waals surface area contributed by atoms with Gasteiger partial charge in [0.05, 0.1) is 12.1 Å². The summed E-state index contributed by atoms with van der Waals surface area (Å²) >= 11 is 3.47. The quantitative estimate of drug-likeness (QED) is 0.694. The van der Waals surface area contributed by atoms with Crippen LogP contribution in [0.1, 0.15) is 11.7 Å². The topological polar surface area (TPSA) is 17.8 Å². The summed E-state index contributed by atoms with van der Waals surface area (Å²) in [5.74, 6) is 0. The van der Waals surface area contributed by atoms with Crippen molar-refractivity contribution in [2.24, 2.45) is 0 Å². The minimum absolute atomic E-state index is 0.227. The zero-order valence-corrected chi connectivity index (χ0v) is 11.7. The Labute approximate surface area is 119 Å². The Hall–Kier alpha value is -1.68. The highest BCUT2D eigenvalue weighted by Crippen LogP contribution is 2.24. The first kappa shape index (κ1) is 12.4. The molecule has 0 saturated carbocycles. The normalized spacial score (nSPS) is 12.7. The molecule has 0 amide bonds. The summed E-state index contributed by atoms with van der Waals surface area (Å²) in [6.45, 7) is 0.227. The Morgan fingerprint density at radius 3 is 2.63 bits per heavy atom. The molecule has 0 aliphatic rings. The summed E-state index contributed by atoms with van der Waals surface area (Å²) < 4.78 is 16.8. The van der Waals surface area contributed by atoms with Gasteiger partial charge >= 0.3 is 0 Å². The van der Waals surface area contributed by atoms with Gasteiger partial charge in [0.1, 0.15) is 6.17 Å². The number of halogens is 2. The smallest absolute Gasteiger partial charge is 0.145 e. The van der Waals surface area contributed by atoms with Gasteiger partial charge in [-0.25, -0.2) is 4.39 Å². The van der Waals surface area contributed by atoms with Crippen molar-refractivity contribution in [2.75, 3.05) is 0 Å². The lowest BCUT2D eigenvalue weighted by Gasteiger charge is -2.08. The monoisotopic (exact) mass is 318 g/mol. The molecule has 0 radical (unpaired) electrons. The fraction of sp³-hybridized carbons (Fsp3) is 0.133. The zero-order chi connectivity index (χ0) is 13.2. The highest BCUT2D eigenvalue weighted by atomic mass is 79.9. The molecule has 0 spiro atoms. The molecule has 0 aliphatic carbocycles. The van der Waals surface area contributed by atoms with E-state index in [2.05, 4.69) is 21.0 Å². The Bertz CT molecular complexity index is 694. The third kappa shape index (κ3) is 2.54. The predicted octanol–water partition coefficient (Wildman–Crippen LogP) is 4.51. The first-order chi connectivity index (χ1) is 9.24. The predicted molar refractivity (Wildman–Crippen MR) is 77.7 cm³/mol. The third-order valence-electron chi connectivity index (χ3n) is 3.05. The van der Waals surface area contributed by atoms with E-state index in [1.54, 1.807) is 16.8 Å². The van der Waals surface area contributed by atoms with Crippen LogP contribution in [0.4, 0.5) is 4.39 Å². The fourth-order valence-corrected chi connectivity index (χ4v) is 2.54. The molecular weight excluding hydrogens is 307 g/mol. The van der Waals surface area contributed by atoms with E-state index in [0.29, 0.717) is 5.56 Å². The van der Waals surface area contributed by atoms with Gasteiger partial charge in [-0.05, 0) is 17.7 Å². The van der Waals surface area contributed by atoms with Crippen molar-refractivity contribution in [2.45, 2.75) is 12.7 Å². The molecule has 1 heterocycles. The van der Waals surface area contributed by atoms with Crippen LogP contribution in [0.25, 0.3) is 10.9 Å². The van der Waals surface area contributed by atoms with Crippen LogP contribution < -0.4 is 0 Å². The van der Waals surface area contributed by atoms with Gasteiger partial charge in [0.2, 0.25) is 0 Å². The number of fused-ring (bicyclic) bond motifs is 1. The molecule has 1 unspecified atom stereocenters. The summed E-state index contributed by atoms with van der Waals surface area (Å²) in [7, 11) is 0. The summed E-state index contributed by atoms with van der Waals surface area (Å²) in [5.41, 5.74) is 1.55. The standard InChI is InChI=1S/C15H12BrFN2/c16-13-7-4-8-15-12(13)9-19(18-15)10-14(17)11-5-2-1-3-6-11/h1-9,14H,10H2. The van der Waals surface area contributed by atoms with Crippen molar-refractivity contribution in [3.63, 3.8) is 0 Å². The number of nitrogens with zero attached hydrogens (tertiary/aromatic N) is 2. The Morgan fingerprint density at radius 2 is 1.89 bits per heavy atom. The second kappa shape index (κ2) is 5.13. The molecule has 96 valence electrons. The SMILES string of the molecule is FC(Cn1cc2c(Br)cccc2n1)c1ccccc1. The van der Waals surface area contributed by atoms with Crippen LogP contribution >= 0.6 is 15.9 Å². The third-order valence-corrected chi connectivity index (χ3v) is 3.74. The van der Waals surface area contributed by atoms with E-state index in [1.807, 2.05) is 42.6 Å². The average molecular weight is 319 g/mol. The van der Waals surface area contributed by atoms with Crippen LogP contribution in [0.15, 0.2) is 59.2 Å². The minimum atomic E-state index is -1.05. The van der Waals surface area contributed by atoms with Crippen LogP contribution in [0.5, 0.6) is 0 Å². The second-order valence-electron chi connectivity index (χ2n) is 4.40. The lowest BCUT2D eigenvalue weighted by atomic mass is 10.1. The van der Waals surface area contributed by atoms with E-state index in [9.17, 15) is 4.39 Å². The van der Waals surface area contributed by atoms with Gasteiger partial charge in [-0.2, -0.15) is 5.10 Å². The molecule has 19 heavy (non-hydrogen) atoms. The van der Waals surface area contributed by atoms with E-state index in [0.717, 1.165) is 15.4 Å². The molecule has 1 atom stereocenters. The molecule has 3 aromatic rings. The van der Waals surface area contributed by atoms with Gasteiger partial charge in [-0.1, -0.05) is 52.3 Å². The maximum atomic E-state index is 14.2. The largest absolute Gasteiger partial charge is 0.268 e.